The number of hydrogen-bond acceptors (Lipinski definition) is 2. The predicted octanol–water partition coefficient (Wildman–Crippen LogP) is 4.35. The van der Waals surface area contributed by atoms with Crippen molar-refractivity contribution in [3.63, 3.8) is 0 Å². The summed E-state index contributed by atoms with van der Waals surface area (Å²) < 4.78 is 6.46. The molecule has 1 N–H and O–H groups in total. The average Bonchev–Trinajstić information content (AvgIpc) is 3.20. The molecule has 3 rings (SSSR count). The van der Waals surface area contributed by atoms with Gasteiger partial charge in [0, 0.05) is 6.04 Å². The van der Waals surface area contributed by atoms with Gasteiger partial charge in [-0.15, -0.1) is 0 Å². The van der Waals surface area contributed by atoms with Crippen LogP contribution in [0.3, 0.4) is 0 Å². The van der Waals surface area contributed by atoms with Gasteiger partial charge in [-0.1, -0.05) is 30.9 Å². The minimum atomic E-state index is 0.288. The zero-order valence-electron chi connectivity index (χ0n) is 13.1. The molecule has 0 aromatic heterocycles. The first kappa shape index (κ1) is 14.6. The van der Waals surface area contributed by atoms with E-state index in [-0.39, 0.29) is 5.60 Å². The van der Waals surface area contributed by atoms with Crippen LogP contribution in [0, 0.1) is 0 Å². The lowest BCUT2D eigenvalue weighted by atomic mass is 9.83. The quantitative estimate of drug-likeness (QED) is 0.576. The van der Waals surface area contributed by atoms with Crippen molar-refractivity contribution >= 4 is 0 Å². The third kappa shape index (κ3) is 4.08. The van der Waals surface area contributed by atoms with Crippen LogP contribution >= 0.6 is 0 Å². The van der Waals surface area contributed by atoms with Gasteiger partial charge in [0.25, 0.3) is 0 Å². The number of ether oxygens (including phenoxy) is 1. The minimum absolute atomic E-state index is 0.288. The monoisotopic (exact) mass is 277 g/mol. The van der Waals surface area contributed by atoms with Crippen molar-refractivity contribution in [1.82, 2.24) is 5.32 Å². The summed E-state index contributed by atoms with van der Waals surface area (Å²) in [5.41, 5.74) is 1.82. The molecule has 1 spiro atoms. The van der Waals surface area contributed by atoms with Gasteiger partial charge < -0.3 is 10.1 Å². The van der Waals surface area contributed by atoms with Gasteiger partial charge in [-0.25, -0.2) is 0 Å². The highest BCUT2D eigenvalue weighted by molar-refractivity contribution is 5.03. The Morgan fingerprint density at radius 2 is 1.95 bits per heavy atom. The SMILES string of the molecule is CC(=CCCNC1CC1)CC1CCC2(CCCCC2)O1. The van der Waals surface area contributed by atoms with Crippen LogP contribution in [-0.4, -0.2) is 24.3 Å². The molecule has 0 bridgehead atoms. The molecule has 0 aromatic rings. The van der Waals surface area contributed by atoms with E-state index in [1.807, 2.05) is 0 Å². The van der Waals surface area contributed by atoms with Crippen molar-refractivity contribution in [3.8, 4) is 0 Å². The zero-order valence-corrected chi connectivity index (χ0v) is 13.1. The molecular formula is C18H31NO. The summed E-state index contributed by atoms with van der Waals surface area (Å²) in [6.45, 7) is 3.43. The summed E-state index contributed by atoms with van der Waals surface area (Å²) in [7, 11) is 0. The summed E-state index contributed by atoms with van der Waals surface area (Å²) in [5.74, 6) is 0. The van der Waals surface area contributed by atoms with E-state index in [1.54, 1.807) is 0 Å². The van der Waals surface area contributed by atoms with Gasteiger partial charge in [0.1, 0.15) is 0 Å². The fraction of sp³-hybridized carbons (Fsp3) is 0.889. The molecule has 1 unspecified atom stereocenters. The topological polar surface area (TPSA) is 21.3 Å². The van der Waals surface area contributed by atoms with Crippen LogP contribution in [0.5, 0.6) is 0 Å². The van der Waals surface area contributed by atoms with E-state index >= 15 is 0 Å². The van der Waals surface area contributed by atoms with Gasteiger partial charge in [0.15, 0.2) is 0 Å². The number of hydrogen-bond donors (Lipinski definition) is 1. The van der Waals surface area contributed by atoms with Crippen molar-refractivity contribution in [2.24, 2.45) is 0 Å². The molecule has 0 amide bonds. The van der Waals surface area contributed by atoms with Crippen LogP contribution in [0.2, 0.25) is 0 Å². The second kappa shape index (κ2) is 6.62. The number of rotatable bonds is 6. The molecule has 2 heteroatoms. The van der Waals surface area contributed by atoms with Crippen molar-refractivity contribution in [2.45, 2.75) is 95.3 Å². The summed E-state index contributed by atoms with van der Waals surface area (Å²) >= 11 is 0. The van der Waals surface area contributed by atoms with E-state index in [9.17, 15) is 0 Å². The van der Waals surface area contributed by atoms with Gasteiger partial charge in [-0.05, 0) is 64.8 Å². The standard InChI is InChI=1S/C18H31NO/c1-15(6-5-13-19-16-7-8-16)14-17-9-12-18(20-17)10-3-2-4-11-18/h6,16-17,19H,2-5,7-14H2,1H3. The predicted molar refractivity (Wildman–Crippen MR) is 83.9 cm³/mol. The fourth-order valence-electron chi connectivity index (χ4n) is 3.94. The van der Waals surface area contributed by atoms with E-state index in [2.05, 4.69) is 18.3 Å². The first-order valence-electron chi connectivity index (χ1n) is 8.83. The summed E-state index contributed by atoms with van der Waals surface area (Å²) in [6, 6.07) is 0.841. The molecule has 20 heavy (non-hydrogen) atoms. The second-order valence-corrected chi connectivity index (χ2v) is 7.29. The third-order valence-electron chi connectivity index (χ3n) is 5.30. The Hall–Kier alpha value is -0.340. The average molecular weight is 277 g/mol. The fourth-order valence-corrected chi connectivity index (χ4v) is 3.94. The van der Waals surface area contributed by atoms with Crippen LogP contribution < -0.4 is 5.32 Å². The Morgan fingerprint density at radius 3 is 2.70 bits per heavy atom. The normalized spacial score (nSPS) is 30.1. The lowest BCUT2D eigenvalue weighted by molar-refractivity contribution is -0.0628. The molecule has 1 heterocycles. The largest absolute Gasteiger partial charge is 0.371 e. The first-order valence-corrected chi connectivity index (χ1v) is 8.83. The van der Waals surface area contributed by atoms with Gasteiger partial charge in [0.2, 0.25) is 0 Å². The van der Waals surface area contributed by atoms with E-state index < -0.39 is 0 Å². The molecule has 2 aliphatic carbocycles. The maximum absolute atomic E-state index is 6.46. The number of nitrogens with one attached hydrogen (secondary N) is 1. The molecule has 1 aliphatic heterocycles. The van der Waals surface area contributed by atoms with Crippen LogP contribution in [0.1, 0.15) is 77.6 Å². The molecule has 0 aromatic carbocycles. The van der Waals surface area contributed by atoms with E-state index in [4.69, 9.17) is 4.74 Å². The van der Waals surface area contributed by atoms with Crippen LogP contribution in [-0.2, 0) is 4.74 Å². The molecule has 3 fully saturated rings. The van der Waals surface area contributed by atoms with E-state index in [0.717, 1.165) is 19.0 Å². The zero-order chi connectivity index (χ0) is 13.8. The van der Waals surface area contributed by atoms with Gasteiger partial charge in [-0.3, -0.25) is 0 Å². The van der Waals surface area contributed by atoms with Crippen LogP contribution in [0.15, 0.2) is 11.6 Å². The highest BCUT2D eigenvalue weighted by Crippen LogP contribution is 2.43. The lowest BCUT2D eigenvalue weighted by Gasteiger charge is -2.33. The smallest absolute Gasteiger partial charge is 0.0687 e. The highest BCUT2D eigenvalue weighted by Gasteiger charge is 2.40. The summed E-state index contributed by atoms with van der Waals surface area (Å²) in [6.07, 6.45) is 17.5. The van der Waals surface area contributed by atoms with Crippen molar-refractivity contribution in [3.05, 3.63) is 11.6 Å². The Labute approximate surface area is 124 Å². The first-order chi connectivity index (χ1) is 9.76. The molecule has 1 atom stereocenters. The molecule has 0 radical (unpaired) electrons. The Balaban J connectivity index is 1.37. The molecule has 2 saturated carbocycles. The second-order valence-electron chi connectivity index (χ2n) is 7.29. The highest BCUT2D eigenvalue weighted by atomic mass is 16.5. The third-order valence-corrected chi connectivity index (χ3v) is 5.30. The maximum atomic E-state index is 6.46. The van der Waals surface area contributed by atoms with Gasteiger partial charge in [-0.2, -0.15) is 0 Å². The molecule has 114 valence electrons. The van der Waals surface area contributed by atoms with Gasteiger partial charge >= 0.3 is 0 Å². The van der Waals surface area contributed by atoms with Crippen molar-refractivity contribution < 1.29 is 4.74 Å². The lowest BCUT2D eigenvalue weighted by Crippen LogP contribution is -2.31. The van der Waals surface area contributed by atoms with Crippen LogP contribution in [0.4, 0.5) is 0 Å². The minimum Gasteiger partial charge on any atom is -0.371 e. The molecular weight excluding hydrogens is 246 g/mol. The Kier molecular flexibility index (Phi) is 4.83. The van der Waals surface area contributed by atoms with Gasteiger partial charge in [0.05, 0.1) is 11.7 Å². The van der Waals surface area contributed by atoms with E-state index in [1.165, 1.54) is 69.8 Å². The summed E-state index contributed by atoms with van der Waals surface area (Å²) in [4.78, 5) is 0. The van der Waals surface area contributed by atoms with Crippen molar-refractivity contribution in [2.75, 3.05) is 6.54 Å². The summed E-state index contributed by atoms with van der Waals surface area (Å²) in [5, 5.41) is 3.58. The molecule has 2 nitrogen and oxygen atoms in total. The molecule has 1 saturated heterocycles. The Bertz CT molecular complexity index is 339. The van der Waals surface area contributed by atoms with E-state index in [0.29, 0.717) is 6.10 Å². The molecule has 3 aliphatic rings. The maximum Gasteiger partial charge on any atom is 0.0687 e. The van der Waals surface area contributed by atoms with Crippen LogP contribution in [0.25, 0.3) is 0 Å². The van der Waals surface area contributed by atoms with Crippen molar-refractivity contribution in [1.29, 1.82) is 0 Å². The Morgan fingerprint density at radius 1 is 1.15 bits per heavy atom.